The normalized spacial score (nSPS) is 13.6. The maximum Gasteiger partial charge on any atom is 0.0726 e. The lowest BCUT2D eigenvalue weighted by atomic mass is 9.70. The molecule has 2 spiro atoms. The van der Waals surface area contributed by atoms with Crippen molar-refractivity contribution in [2.24, 2.45) is 0 Å². The van der Waals surface area contributed by atoms with Crippen LogP contribution >= 0.6 is 39.1 Å². The fraction of sp³-hybridized carbons (Fsp3) is 0.0323. The molecule has 0 radical (unpaired) electrons. The second-order valence-corrected chi connectivity index (χ2v) is 19.0. The Morgan fingerprint density at radius 2 is 0.642 bits per heavy atom. The molecule has 10 aromatic rings. The van der Waals surface area contributed by atoms with E-state index in [-0.39, 0.29) is 10.8 Å². The van der Waals surface area contributed by atoms with Gasteiger partial charge in [-0.25, -0.2) is 0 Å². The molecule has 4 aliphatic carbocycles. The quantitative estimate of drug-likeness (QED) is 0.169. The molecule has 320 valence electrons. The number of para-hydroxylation sites is 2. The first-order valence-corrected chi connectivity index (χ1v) is 24.0. The van der Waals surface area contributed by atoms with E-state index in [9.17, 15) is 0 Å². The predicted octanol–water partition coefficient (Wildman–Crippen LogP) is 17.1. The molecule has 10 aromatic carbocycles. The molecule has 0 amide bonds. The van der Waals surface area contributed by atoms with E-state index in [0.717, 1.165) is 11.4 Å². The number of rotatable bonds is 2. The van der Waals surface area contributed by atoms with Crippen molar-refractivity contribution >= 4 is 56.2 Å². The summed E-state index contributed by atoms with van der Waals surface area (Å²) in [5.41, 5.74) is 28.9. The molecule has 0 aliphatic heterocycles. The first-order valence-electron chi connectivity index (χ1n) is 22.5. The van der Waals surface area contributed by atoms with Gasteiger partial charge >= 0.3 is 0 Å². The van der Waals surface area contributed by atoms with Gasteiger partial charge in [0, 0.05) is 21.3 Å². The molecule has 0 bridgehead atoms. The molecule has 0 fully saturated rings. The number of hydrogen-bond donors (Lipinski definition) is 2. The lowest BCUT2D eigenvalue weighted by Crippen LogP contribution is -2.25. The van der Waals surface area contributed by atoms with E-state index in [0.29, 0.717) is 15.7 Å². The van der Waals surface area contributed by atoms with Crippen LogP contribution in [0.5, 0.6) is 0 Å². The van der Waals surface area contributed by atoms with Gasteiger partial charge in [-0.1, -0.05) is 233 Å². The van der Waals surface area contributed by atoms with Crippen LogP contribution in [-0.2, 0) is 10.8 Å². The van der Waals surface area contributed by atoms with Gasteiger partial charge in [-0.3, -0.25) is 0 Å². The summed E-state index contributed by atoms with van der Waals surface area (Å²) in [5.74, 6) is 0. The summed E-state index contributed by atoms with van der Waals surface area (Å²) in [6.45, 7) is 0. The van der Waals surface area contributed by atoms with Crippen molar-refractivity contribution in [2.75, 3.05) is 11.1 Å². The zero-order chi connectivity index (χ0) is 45.3. The van der Waals surface area contributed by atoms with Gasteiger partial charge in [0.15, 0.2) is 0 Å². The number of benzene rings is 10. The van der Waals surface area contributed by atoms with Crippen LogP contribution in [0.4, 0.5) is 17.1 Å². The SMILES string of the molecule is Brc1cccc2c1-c1ccccc1C21c2ccccc2-c2ccccc21.Clc1ccccc1Nc1cccc2c1-c1ccccc1C21c2ccccc2-c2ccccc21.Nc1ccccc1Cl. The second kappa shape index (κ2) is 16.3. The molecule has 0 aromatic heterocycles. The summed E-state index contributed by atoms with van der Waals surface area (Å²) in [6.07, 6.45) is 0. The van der Waals surface area contributed by atoms with Gasteiger partial charge in [0.25, 0.3) is 0 Å². The number of nitrogen functional groups attached to an aromatic ring is 1. The summed E-state index contributed by atoms with van der Waals surface area (Å²) in [6, 6.07) is 81.7. The van der Waals surface area contributed by atoms with Crippen LogP contribution in [0.2, 0.25) is 10.0 Å². The molecule has 2 nitrogen and oxygen atoms in total. The van der Waals surface area contributed by atoms with Crippen molar-refractivity contribution in [2.45, 2.75) is 10.8 Å². The highest BCUT2D eigenvalue weighted by atomic mass is 79.9. The van der Waals surface area contributed by atoms with Crippen molar-refractivity contribution < 1.29 is 0 Å². The van der Waals surface area contributed by atoms with E-state index < -0.39 is 0 Å². The largest absolute Gasteiger partial charge is 0.398 e. The molecule has 3 N–H and O–H groups in total. The zero-order valence-electron chi connectivity index (χ0n) is 36.2. The fourth-order valence-corrected chi connectivity index (χ4v) is 12.4. The molecule has 0 unspecified atom stereocenters. The topological polar surface area (TPSA) is 38.0 Å². The van der Waals surface area contributed by atoms with Crippen LogP contribution < -0.4 is 11.1 Å². The third-order valence-electron chi connectivity index (χ3n) is 14.0. The summed E-state index contributed by atoms with van der Waals surface area (Å²) >= 11 is 15.9. The van der Waals surface area contributed by atoms with Crippen LogP contribution in [0.3, 0.4) is 0 Å². The van der Waals surface area contributed by atoms with Gasteiger partial charge in [-0.2, -0.15) is 0 Å². The highest BCUT2D eigenvalue weighted by Gasteiger charge is 2.53. The number of fused-ring (bicyclic) bond motifs is 20. The molecular formula is C62H41BrCl2N2. The van der Waals surface area contributed by atoms with Crippen LogP contribution in [0.15, 0.2) is 235 Å². The molecule has 14 rings (SSSR count). The third-order valence-corrected chi connectivity index (χ3v) is 15.4. The van der Waals surface area contributed by atoms with Gasteiger partial charge in [0.05, 0.1) is 32.3 Å². The van der Waals surface area contributed by atoms with Crippen molar-refractivity contribution in [3.8, 4) is 44.5 Å². The van der Waals surface area contributed by atoms with Gasteiger partial charge in [-0.15, -0.1) is 0 Å². The molecule has 0 atom stereocenters. The van der Waals surface area contributed by atoms with Gasteiger partial charge in [-0.05, 0) is 114 Å². The Hall–Kier alpha value is -7.14. The predicted molar refractivity (Wildman–Crippen MR) is 284 cm³/mol. The van der Waals surface area contributed by atoms with E-state index in [1.807, 2.05) is 36.4 Å². The average molecular weight is 965 g/mol. The van der Waals surface area contributed by atoms with Crippen molar-refractivity contribution in [1.29, 1.82) is 0 Å². The molecule has 5 heteroatoms. The number of nitrogens with one attached hydrogen (secondary N) is 1. The van der Waals surface area contributed by atoms with Gasteiger partial charge < -0.3 is 11.1 Å². The molecule has 4 aliphatic rings. The molecule has 67 heavy (non-hydrogen) atoms. The summed E-state index contributed by atoms with van der Waals surface area (Å²) < 4.78 is 1.17. The van der Waals surface area contributed by atoms with E-state index in [1.54, 1.807) is 12.1 Å². The van der Waals surface area contributed by atoms with Crippen LogP contribution in [0.1, 0.15) is 44.5 Å². The van der Waals surface area contributed by atoms with Crippen molar-refractivity contribution in [1.82, 2.24) is 0 Å². The van der Waals surface area contributed by atoms with E-state index in [1.165, 1.54) is 93.5 Å². The van der Waals surface area contributed by atoms with E-state index >= 15 is 0 Å². The Morgan fingerprint density at radius 3 is 1.09 bits per heavy atom. The first kappa shape index (κ1) is 41.3. The lowest BCUT2D eigenvalue weighted by Gasteiger charge is -2.30. The minimum absolute atomic E-state index is 0.219. The highest BCUT2D eigenvalue weighted by Crippen LogP contribution is 2.65. The molecule has 0 saturated carbocycles. The Labute approximate surface area is 409 Å². The monoisotopic (exact) mass is 962 g/mol. The molecule has 0 heterocycles. The third kappa shape index (κ3) is 6.08. The minimum Gasteiger partial charge on any atom is -0.398 e. The highest BCUT2D eigenvalue weighted by molar-refractivity contribution is 9.10. The average Bonchev–Trinajstić information content (AvgIpc) is 4.06. The molecule has 0 saturated heterocycles. The number of nitrogens with two attached hydrogens (primary N) is 1. The first-order chi connectivity index (χ1) is 32.9. The maximum absolute atomic E-state index is 6.52. The number of anilines is 3. The van der Waals surface area contributed by atoms with Crippen molar-refractivity contribution in [3.63, 3.8) is 0 Å². The number of halogens is 3. The Balaban J connectivity index is 0.000000122. The molecular weight excluding hydrogens is 924 g/mol. The van der Waals surface area contributed by atoms with E-state index in [4.69, 9.17) is 28.9 Å². The summed E-state index contributed by atoms with van der Waals surface area (Å²) in [7, 11) is 0. The summed E-state index contributed by atoms with van der Waals surface area (Å²) in [5, 5.41) is 4.97. The van der Waals surface area contributed by atoms with Gasteiger partial charge in [0.1, 0.15) is 0 Å². The Bertz CT molecular complexity index is 3480. The van der Waals surface area contributed by atoms with Crippen LogP contribution in [0, 0.1) is 0 Å². The van der Waals surface area contributed by atoms with Crippen molar-refractivity contribution in [3.05, 3.63) is 290 Å². The minimum atomic E-state index is -0.322. The second-order valence-electron chi connectivity index (χ2n) is 17.3. The summed E-state index contributed by atoms with van der Waals surface area (Å²) in [4.78, 5) is 0. The van der Waals surface area contributed by atoms with Crippen LogP contribution in [0.25, 0.3) is 44.5 Å². The Kier molecular flexibility index (Phi) is 10.1. The maximum atomic E-state index is 6.52. The standard InChI is InChI=1S/C31H20ClN.C25H15Br.C6H6ClN/c32-27-17-7-8-18-28(27)33-29-19-9-16-26-30(29)22-12-3-6-15-25(22)31(26)23-13-4-1-10-20(23)21-11-2-5-14-24(21)31;26-23-15-7-14-22-24(23)18-10-3-6-13-21(18)25(22)19-11-4-1-8-16(19)17-9-2-5-12-20(17)25;7-5-3-1-2-4-6(5)8/h1-19,33H;1-15H;1-4H,8H2. The van der Waals surface area contributed by atoms with Gasteiger partial charge in [0.2, 0.25) is 0 Å². The zero-order valence-corrected chi connectivity index (χ0v) is 39.2. The smallest absolute Gasteiger partial charge is 0.0726 e. The Morgan fingerprint density at radius 1 is 0.313 bits per heavy atom. The fourth-order valence-electron chi connectivity index (χ4n) is 11.5. The number of hydrogen-bond acceptors (Lipinski definition) is 2. The van der Waals surface area contributed by atoms with E-state index in [2.05, 4.69) is 203 Å². The van der Waals surface area contributed by atoms with Crippen LogP contribution in [-0.4, -0.2) is 0 Å². The lowest BCUT2D eigenvalue weighted by molar-refractivity contribution is 0.793.